The SMILES string of the molecule is Cc1nc(C2CCN(C(=O)OCc3ccccc3)CC2)sc1C(=O)NCC1CCN(CC(=O)OC(C)(C)C)CC1. The molecule has 2 aliphatic rings. The highest BCUT2D eigenvalue weighted by atomic mass is 32.1. The summed E-state index contributed by atoms with van der Waals surface area (Å²) in [7, 11) is 0. The van der Waals surface area contributed by atoms with E-state index in [9.17, 15) is 14.4 Å². The van der Waals surface area contributed by atoms with E-state index in [2.05, 4.69) is 10.2 Å². The summed E-state index contributed by atoms with van der Waals surface area (Å²) in [6.45, 7) is 11.6. The molecule has 2 aliphatic heterocycles. The van der Waals surface area contributed by atoms with Crippen LogP contribution in [-0.4, -0.2) is 77.6 Å². The maximum Gasteiger partial charge on any atom is 0.410 e. The zero-order valence-corrected chi connectivity index (χ0v) is 24.9. The molecule has 0 saturated carbocycles. The first-order chi connectivity index (χ1) is 19.1. The lowest BCUT2D eigenvalue weighted by molar-refractivity contribution is -0.156. The number of nitrogens with one attached hydrogen (secondary N) is 1. The number of hydrogen-bond donors (Lipinski definition) is 1. The number of hydrogen-bond acceptors (Lipinski definition) is 8. The standard InChI is InChI=1S/C30H42N4O5S/c1-21-26(27(36)31-18-22-10-14-33(15-11-22)19-25(35)39-30(2,3)4)40-28(32-21)24-12-16-34(17-13-24)29(37)38-20-23-8-6-5-7-9-23/h5-9,22,24H,10-20H2,1-4H3,(H,31,36). The minimum absolute atomic E-state index is 0.0700. The van der Waals surface area contributed by atoms with Crippen molar-refractivity contribution in [2.24, 2.45) is 5.92 Å². The monoisotopic (exact) mass is 570 g/mol. The Labute approximate surface area is 241 Å². The molecule has 0 bridgehead atoms. The Bertz CT molecular complexity index is 1150. The largest absolute Gasteiger partial charge is 0.459 e. The van der Waals surface area contributed by atoms with Crippen LogP contribution in [0.15, 0.2) is 30.3 Å². The van der Waals surface area contributed by atoms with E-state index in [1.165, 1.54) is 11.3 Å². The predicted octanol–water partition coefficient (Wildman–Crippen LogP) is 4.75. The fraction of sp³-hybridized carbons (Fsp3) is 0.600. The molecule has 4 rings (SSSR count). The number of aryl methyl sites for hydroxylation is 1. The average molecular weight is 571 g/mol. The first-order valence-corrected chi connectivity index (χ1v) is 15.0. The summed E-state index contributed by atoms with van der Waals surface area (Å²) in [5.74, 6) is 0.360. The third kappa shape index (κ3) is 8.76. The van der Waals surface area contributed by atoms with Gasteiger partial charge in [0.1, 0.15) is 17.1 Å². The molecule has 9 nitrogen and oxygen atoms in total. The van der Waals surface area contributed by atoms with E-state index >= 15 is 0 Å². The minimum Gasteiger partial charge on any atom is -0.459 e. The highest BCUT2D eigenvalue weighted by molar-refractivity contribution is 7.13. The molecule has 1 N–H and O–H groups in total. The van der Waals surface area contributed by atoms with Gasteiger partial charge in [0.25, 0.3) is 5.91 Å². The first-order valence-electron chi connectivity index (χ1n) is 14.2. The highest BCUT2D eigenvalue weighted by Gasteiger charge is 2.29. The second-order valence-electron chi connectivity index (χ2n) is 11.8. The van der Waals surface area contributed by atoms with Crippen molar-refractivity contribution in [3.63, 3.8) is 0 Å². The molecule has 2 amide bonds. The number of carbonyl (C=O) groups excluding carboxylic acids is 3. The number of piperidine rings is 2. The molecule has 1 aromatic heterocycles. The zero-order valence-electron chi connectivity index (χ0n) is 24.1. The third-order valence-electron chi connectivity index (χ3n) is 7.36. The topological polar surface area (TPSA) is 101 Å². The van der Waals surface area contributed by atoms with Gasteiger partial charge in [-0.05, 0) is 77.9 Å². The summed E-state index contributed by atoms with van der Waals surface area (Å²) in [6.07, 6.45) is 3.19. The number of carbonyl (C=O) groups is 3. The summed E-state index contributed by atoms with van der Waals surface area (Å²) >= 11 is 1.47. The zero-order chi connectivity index (χ0) is 28.7. The molecule has 2 aromatic rings. The molecule has 0 spiro atoms. The lowest BCUT2D eigenvalue weighted by atomic mass is 9.97. The van der Waals surface area contributed by atoms with Crippen molar-refractivity contribution in [3.8, 4) is 0 Å². The third-order valence-corrected chi connectivity index (χ3v) is 8.68. The van der Waals surface area contributed by atoms with Gasteiger partial charge < -0.3 is 19.7 Å². The van der Waals surface area contributed by atoms with Crippen molar-refractivity contribution in [1.82, 2.24) is 20.1 Å². The number of thiazole rings is 1. The quantitative estimate of drug-likeness (QED) is 0.457. The van der Waals surface area contributed by atoms with Crippen LogP contribution in [0.3, 0.4) is 0 Å². The molecule has 2 fully saturated rings. The molecule has 1 aromatic carbocycles. The van der Waals surface area contributed by atoms with Gasteiger partial charge in [0.2, 0.25) is 0 Å². The molecule has 0 atom stereocenters. The van der Waals surface area contributed by atoms with E-state index in [4.69, 9.17) is 14.5 Å². The number of aromatic nitrogens is 1. The van der Waals surface area contributed by atoms with Gasteiger partial charge in [-0.3, -0.25) is 14.5 Å². The molecule has 10 heteroatoms. The van der Waals surface area contributed by atoms with Crippen LogP contribution in [0, 0.1) is 12.8 Å². The number of likely N-dealkylation sites (tertiary alicyclic amines) is 2. The van der Waals surface area contributed by atoms with Crippen LogP contribution >= 0.6 is 11.3 Å². The van der Waals surface area contributed by atoms with Crippen LogP contribution < -0.4 is 5.32 Å². The molecule has 3 heterocycles. The van der Waals surface area contributed by atoms with Crippen LogP contribution in [0.1, 0.15) is 78.3 Å². The fourth-order valence-corrected chi connectivity index (χ4v) is 6.30. The summed E-state index contributed by atoms with van der Waals surface area (Å²) in [5, 5.41) is 4.08. The Morgan fingerprint density at radius 3 is 2.35 bits per heavy atom. The van der Waals surface area contributed by atoms with Crippen molar-refractivity contribution in [2.75, 3.05) is 39.3 Å². The van der Waals surface area contributed by atoms with Crippen LogP contribution in [0.25, 0.3) is 0 Å². The second kappa shape index (κ2) is 13.6. The molecule has 0 unspecified atom stereocenters. The Balaban J connectivity index is 1.18. The number of benzene rings is 1. The molecule has 218 valence electrons. The van der Waals surface area contributed by atoms with Crippen LogP contribution in [0.5, 0.6) is 0 Å². The summed E-state index contributed by atoms with van der Waals surface area (Å²) in [6, 6.07) is 9.68. The summed E-state index contributed by atoms with van der Waals surface area (Å²) < 4.78 is 10.9. The maximum absolute atomic E-state index is 13.0. The maximum atomic E-state index is 13.0. The van der Waals surface area contributed by atoms with Crippen molar-refractivity contribution in [2.45, 2.75) is 71.5 Å². The number of amides is 2. The Hall–Kier alpha value is -2.98. The lowest BCUT2D eigenvalue weighted by Crippen LogP contribution is -2.42. The van der Waals surface area contributed by atoms with Gasteiger partial charge in [0.15, 0.2) is 0 Å². The van der Waals surface area contributed by atoms with Crippen LogP contribution in [-0.2, 0) is 20.9 Å². The molecule has 40 heavy (non-hydrogen) atoms. The van der Waals surface area contributed by atoms with E-state index < -0.39 is 5.60 Å². The smallest absolute Gasteiger partial charge is 0.410 e. The molecule has 0 aliphatic carbocycles. The van der Waals surface area contributed by atoms with Gasteiger partial charge >= 0.3 is 12.1 Å². The predicted molar refractivity (Wildman–Crippen MR) is 154 cm³/mol. The van der Waals surface area contributed by atoms with Gasteiger partial charge in [0, 0.05) is 25.6 Å². The van der Waals surface area contributed by atoms with Gasteiger partial charge in [-0.25, -0.2) is 9.78 Å². The van der Waals surface area contributed by atoms with E-state index in [1.807, 2.05) is 58.0 Å². The fourth-order valence-electron chi connectivity index (χ4n) is 5.14. The number of ether oxygens (including phenoxy) is 2. The number of rotatable bonds is 8. The molecule has 0 radical (unpaired) electrons. The molecule has 2 saturated heterocycles. The van der Waals surface area contributed by atoms with Crippen molar-refractivity contribution < 1.29 is 23.9 Å². The van der Waals surface area contributed by atoms with Gasteiger partial charge in [0.05, 0.1) is 17.2 Å². The van der Waals surface area contributed by atoms with Crippen molar-refractivity contribution in [3.05, 3.63) is 51.5 Å². The summed E-state index contributed by atoms with van der Waals surface area (Å²) in [5.41, 5.74) is 1.26. The Morgan fingerprint density at radius 2 is 1.70 bits per heavy atom. The summed E-state index contributed by atoms with van der Waals surface area (Å²) in [4.78, 5) is 46.9. The van der Waals surface area contributed by atoms with Gasteiger partial charge in [-0.15, -0.1) is 11.3 Å². The van der Waals surface area contributed by atoms with Crippen molar-refractivity contribution in [1.29, 1.82) is 0 Å². The minimum atomic E-state index is -0.470. The number of esters is 1. The average Bonchev–Trinajstić information content (AvgIpc) is 3.32. The van der Waals surface area contributed by atoms with E-state index in [0.29, 0.717) is 37.0 Å². The Morgan fingerprint density at radius 1 is 1.02 bits per heavy atom. The van der Waals surface area contributed by atoms with E-state index in [0.717, 1.165) is 55.0 Å². The molecular formula is C30H42N4O5S. The van der Waals surface area contributed by atoms with Gasteiger partial charge in [-0.1, -0.05) is 30.3 Å². The lowest BCUT2D eigenvalue weighted by Gasteiger charge is -2.32. The first kappa shape index (κ1) is 30.0. The van der Waals surface area contributed by atoms with Gasteiger partial charge in [-0.2, -0.15) is 0 Å². The van der Waals surface area contributed by atoms with Crippen LogP contribution in [0.2, 0.25) is 0 Å². The second-order valence-corrected chi connectivity index (χ2v) is 12.8. The normalized spacial score (nSPS) is 17.4. The Kier molecular flexibility index (Phi) is 10.2. The highest BCUT2D eigenvalue weighted by Crippen LogP contribution is 2.33. The van der Waals surface area contributed by atoms with Crippen LogP contribution in [0.4, 0.5) is 4.79 Å². The van der Waals surface area contributed by atoms with E-state index in [-0.39, 0.29) is 30.5 Å². The molecular weight excluding hydrogens is 528 g/mol. The van der Waals surface area contributed by atoms with E-state index in [1.54, 1.807) is 4.90 Å². The van der Waals surface area contributed by atoms with Crippen molar-refractivity contribution >= 4 is 29.3 Å². The number of nitrogens with zero attached hydrogens (tertiary/aromatic N) is 3.